The number of aromatic nitrogens is 3. The van der Waals surface area contributed by atoms with Crippen molar-refractivity contribution >= 4 is 17.0 Å². The Kier molecular flexibility index (Phi) is 4.49. The molecule has 0 saturated heterocycles. The van der Waals surface area contributed by atoms with Crippen molar-refractivity contribution in [3.8, 4) is 11.3 Å². The van der Waals surface area contributed by atoms with Crippen LogP contribution in [0, 0.1) is 0 Å². The number of oxazole rings is 1. The van der Waals surface area contributed by atoms with E-state index in [1.807, 2.05) is 24.3 Å². The molecule has 3 aromatic heterocycles. The summed E-state index contributed by atoms with van der Waals surface area (Å²) in [6.07, 6.45) is 5.17. The molecule has 0 aliphatic heterocycles. The highest BCUT2D eigenvalue weighted by Crippen LogP contribution is 2.15. The lowest BCUT2D eigenvalue weighted by atomic mass is 10.1. The first kappa shape index (κ1) is 16.7. The minimum absolute atomic E-state index is 0.100. The smallest absolute Gasteiger partial charge is 0.408 e. The van der Waals surface area contributed by atoms with Gasteiger partial charge in [0.1, 0.15) is 6.54 Å². The molecule has 0 saturated carbocycles. The van der Waals surface area contributed by atoms with Gasteiger partial charge in [-0.25, -0.2) is 4.79 Å². The summed E-state index contributed by atoms with van der Waals surface area (Å²) >= 11 is 0. The van der Waals surface area contributed by atoms with Gasteiger partial charge in [-0.05, 0) is 35.9 Å². The second kappa shape index (κ2) is 7.25. The molecule has 134 valence electrons. The molecule has 3 heterocycles. The van der Waals surface area contributed by atoms with Crippen LogP contribution in [0.15, 0.2) is 76.3 Å². The van der Waals surface area contributed by atoms with E-state index in [2.05, 4.69) is 15.3 Å². The average molecular weight is 360 g/mol. The summed E-state index contributed by atoms with van der Waals surface area (Å²) in [6, 6.07) is 14.6. The minimum Gasteiger partial charge on any atom is -0.408 e. The molecule has 0 aliphatic rings. The standard InChI is InChI=1S/C20H16N4O3/c25-19(13-24-17-5-1-2-6-18(17)27-20(24)26)23-11-14-7-8-16(22-10-14)15-4-3-9-21-12-15/h1-10,12H,11,13H2,(H,23,25). The van der Waals surface area contributed by atoms with Gasteiger partial charge in [0.05, 0.1) is 11.2 Å². The molecule has 0 unspecified atom stereocenters. The van der Waals surface area contributed by atoms with Crippen LogP contribution in [0.25, 0.3) is 22.4 Å². The van der Waals surface area contributed by atoms with Crippen molar-refractivity contribution < 1.29 is 9.21 Å². The van der Waals surface area contributed by atoms with Gasteiger partial charge >= 0.3 is 5.76 Å². The highest BCUT2D eigenvalue weighted by molar-refractivity contribution is 5.79. The number of para-hydroxylation sites is 2. The van der Waals surface area contributed by atoms with E-state index in [1.54, 1.807) is 42.9 Å². The van der Waals surface area contributed by atoms with Gasteiger partial charge in [0.25, 0.3) is 0 Å². The predicted octanol–water partition coefficient (Wildman–Crippen LogP) is 2.37. The second-order valence-corrected chi connectivity index (χ2v) is 5.99. The van der Waals surface area contributed by atoms with Crippen molar-refractivity contribution in [3.63, 3.8) is 0 Å². The molecule has 1 N–H and O–H groups in total. The summed E-state index contributed by atoms with van der Waals surface area (Å²) in [5, 5.41) is 2.80. The maximum absolute atomic E-state index is 12.2. The second-order valence-electron chi connectivity index (χ2n) is 5.99. The van der Waals surface area contributed by atoms with Crippen LogP contribution < -0.4 is 11.1 Å². The van der Waals surface area contributed by atoms with Gasteiger partial charge in [0, 0.05) is 30.7 Å². The van der Waals surface area contributed by atoms with Crippen molar-refractivity contribution in [3.05, 3.63) is 83.2 Å². The molecule has 1 amide bonds. The van der Waals surface area contributed by atoms with Gasteiger partial charge in [-0.2, -0.15) is 0 Å². The number of nitrogens with zero attached hydrogens (tertiary/aromatic N) is 3. The number of benzene rings is 1. The van der Waals surface area contributed by atoms with E-state index in [0.29, 0.717) is 17.6 Å². The van der Waals surface area contributed by atoms with Crippen molar-refractivity contribution in [1.29, 1.82) is 0 Å². The molecule has 0 fully saturated rings. The predicted molar refractivity (Wildman–Crippen MR) is 99.8 cm³/mol. The Morgan fingerprint density at radius 2 is 1.96 bits per heavy atom. The Balaban J connectivity index is 1.40. The van der Waals surface area contributed by atoms with Crippen LogP contribution in [0.4, 0.5) is 0 Å². The Hall–Kier alpha value is -3.74. The lowest BCUT2D eigenvalue weighted by molar-refractivity contribution is -0.121. The summed E-state index contributed by atoms with van der Waals surface area (Å²) in [5.74, 6) is -0.825. The fourth-order valence-electron chi connectivity index (χ4n) is 2.78. The van der Waals surface area contributed by atoms with Crippen molar-refractivity contribution in [2.24, 2.45) is 0 Å². The maximum Gasteiger partial charge on any atom is 0.420 e. The number of rotatable bonds is 5. The van der Waals surface area contributed by atoms with Gasteiger partial charge in [0.15, 0.2) is 5.58 Å². The van der Waals surface area contributed by atoms with E-state index in [-0.39, 0.29) is 12.5 Å². The molecule has 0 spiro atoms. The Labute approximate surface area is 154 Å². The van der Waals surface area contributed by atoms with Crippen molar-refractivity contribution in [1.82, 2.24) is 19.9 Å². The molecule has 4 rings (SSSR count). The van der Waals surface area contributed by atoms with Gasteiger partial charge < -0.3 is 9.73 Å². The number of amides is 1. The monoisotopic (exact) mass is 360 g/mol. The summed E-state index contributed by atoms with van der Waals surface area (Å²) in [7, 11) is 0. The molecule has 7 heteroatoms. The Morgan fingerprint density at radius 3 is 2.74 bits per heavy atom. The molecular formula is C20H16N4O3. The first-order valence-corrected chi connectivity index (χ1v) is 8.41. The number of nitrogens with one attached hydrogen (secondary N) is 1. The molecule has 4 aromatic rings. The summed E-state index contributed by atoms with van der Waals surface area (Å²) in [6.45, 7) is 0.223. The quantitative estimate of drug-likeness (QED) is 0.590. The van der Waals surface area contributed by atoms with Gasteiger partial charge in [-0.15, -0.1) is 0 Å². The number of hydrogen-bond acceptors (Lipinski definition) is 5. The van der Waals surface area contributed by atoms with E-state index >= 15 is 0 Å². The molecule has 7 nitrogen and oxygen atoms in total. The first-order chi connectivity index (χ1) is 13.2. The van der Waals surface area contributed by atoms with Crippen LogP contribution >= 0.6 is 0 Å². The largest absolute Gasteiger partial charge is 0.420 e. The first-order valence-electron chi connectivity index (χ1n) is 8.41. The summed E-state index contributed by atoms with van der Waals surface area (Å²) in [5.41, 5.74) is 3.67. The SMILES string of the molecule is O=C(Cn1c(=O)oc2ccccc21)NCc1ccc(-c2cccnc2)nc1. The molecule has 0 radical (unpaired) electrons. The Bertz CT molecular complexity index is 1130. The van der Waals surface area contributed by atoms with Crippen molar-refractivity contribution in [2.75, 3.05) is 0 Å². The zero-order valence-electron chi connectivity index (χ0n) is 14.3. The number of hydrogen-bond donors (Lipinski definition) is 1. The lowest BCUT2D eigenvalue weighted by Gasteiger charge is -2.07. The minimum atomic E-state index is -0.547. The summed E-state index contributed by atoms with van der Waals surface area (Å²) < 4.78 is 6.44. The van der Waals surface area contributed by atoms with Crippen LogP contribution in [-0.2, 0) is 17.9 Å². The third-order valence-corrected chi connectivity index (χ3v) is 4.15. The van der Waals surface area contributed by atoms with E-state index in [9.17, 15) is 9.59 Å². The third-order valence-electron chi connectivity index (χ3n) is 4.15. The lowest BCUT2D eigenvalue weighted by Crippen LogP contribution is -2.30. The van der Waals surface area contributed by atoms with Crippen molar-refractivity contribution in [2.45, 2.75) is 13.1 Å². The number of fused-ring (bicyclic) bond motifs is 1. The van der Waals surface area contributed by atoms with Crippen LogP contribution in [-0.4, -0.2) is 20.4 Å². The van der Waals surface area contributed by atoms with Crippen LogP contribution in [0.5, 0.6) is 0 Å². The highest BCUT2D eigenvalue weighted by atomic mass is 16.4. The van der Waals surface area contributed by atoms with Crippen LogP contribution in [0.1, 0.15) is 5.56 Å². The highest BCUT2D eigenvalue weighted by Gasteiger charge is 2.12. The fraction of sp³-hybridized carbons (Fsp3) is 0.100. The molecule has 0 aliphatic carbocycles. The molecule has 0 bridgehead atoms. The number of pyridine rings is 2. The van der Waals surface area contributed by atoms with Gasteiger partial charge in [0.2, 0.25) is 5.91 Å². The fourth-order valence-corrected chi connectivity index (χ4v) is 2.78. The van der Waals surface area contributed by atoms with Crippen LogP contribution in [0.3, 0.4) is 0 Å². The molecule has 0 atom stereocenters. The number of carbonyl (C=O) groups is 1. The zero-order chi connectivity index (χ0) is 18.6. The van der Waals surface area contributed by atoms with Gasteiger partial charge in [-0.1, -0.05) is 18.2 Å². The summed E-state index contributed by atoms with van der Waals surface area (Å²) in [4.78, 5) is 32.6. The maximum atomic E-state index is 12.2. The molecule has 27 heavy (non-hydrogen) atoms. The van der Waals surface area contributed by atoms with Crippen LogP contribution in [0.2, 0.25) is 0 Å². The number of carbonyl (C=O) groups excluding carboxylic acids is 1. The molecule has 1 aromatic carbocycles. The Morgan fingerprint density at radius 1 is 1.07 bits per heavy atom. The molecular weight excluding hydrogens is 344 g/mol. The van der Waals surface area contributed by atoms with E-state index < -0.39 is 5.76 Å². The topological polar surface area (TPSA) is 90.0 Å². The van der Waals surface area contributed by atoms with E-state index in [0.717, 1.165) is 16.8 Å². The van der Waals surface area contributed by atoms with Gasteiger partial charge in [-0.3, -0.25) is 19.3 Å². The normalized spacial score (nSPS) is 10.8. The van der Waals surface area contributed by atoms with E-state index in [4.69, 9.17) is 4.42 Å². The van der Waals surface area contributed by atoms with E-state index in [1.165, 1.54) is 4.57 Å². The third kappa shape index (κ3) is 3.62. The zero-order valence-corrected chi connectivity index (χ0v) is 14.3. The average Bonchev–Trinajstić information content (AvgIpc) is 3.03.